The lowest BCUT2D eigenvalue weighted by molar-refractivity contribution is -0.117. The molecule has 1 fully saturated rings. The Morgan fingerprint density at radius 1 is 1.43 bits per heavy atom. The average Bonchev–Trinajstić information content (AvgIpc) is 2.98. The number of ether oxygens (including phenoxy) is 1. The molecule has 0 aliphatic carbocycles. The molecule has 0 bridgehead atoms. The van der Waals surface area contributed by atoms with Gasteiger partial charge < -0.3 is 10.1 Å². The molecular weight excluding hydrogens is 178 g/mol. The van der Waals surface area contributed by atoms with Gasteiger partial charge in [0.05, 0.1) is 6.10 Å². The van der Waals surface area contributed by atoms with Gasteiger partial charge in [-0.3, -0.25) is 4.79 Å². The zero-order valence-electron chi connectivity index (χ0n) is 8.07. The van der Waals surface area contributed by atoms with Crippen LogP contribution in [0.15, 0.2) is 30.3 Å². The molecule has 0 unspecified atom stereocenters. The summed E-state index contributed by atoms with van der Waals surface area (Å²) in [5.74, 6) is -0.0388. The van der Waals surface area contributed by atoms with Crippen LogP contribution in [0.4, 0.5) is 5.69 Å². The van der Waals surface area contributed by atoms with E-state index in [1.165, 1.54) is 0 Å². The summed E-state index contributed by atoms with van der Waals surface area (Å²) in [4.78, 5) is 11.5. The van der Waals surface area contributed by atoms with Gasteiger partial charge in [-0.25, -0.2) is 0 Å². The zero-order chi connectivity index (χ0) is 9.97. The third kappa shape index (κ3) is 1.93. The highest BCUT2D eigenvalue weighted by atomic mass is 16.6. The van der Waals surface area contributed by atoms with E-state index in [0.717, 1.165) is 12.1 Å². The predicted octanol–water partition coefficient (Wildman–Crippen LogP) is 1.80. The summed E-state index contributed by atoms with van der Waals surface area (Å²) < 4.78 is 5.19. The Labute approximate surface area is 83.1 Å². The van der Waals surface area contributed by atoms with Crippen LogP contribution in [-0.2, 0) is 9.53 Å². The minimum Gasteiger partial charge on any atom is -0.359 e. The molecule has 74 valence electrons. The Bertz CT molecular complexity index is 323. The van der Waals surface area contributed by atoms with E-state index in [1.54, 1.807) is 0 Å². The molecule has 2 rings (SSSR count). The molecule has 0 aromatic heterocycles. The molecule has 1 N–H and O–H groups in total. The van der Waals surface area contributed by atoms with Crippen LogP contribution >= 0.6 is 0 Å². The maximum absolute atomic E-state index is 11.5. The second-order valence-corrected chi connectivity index (χ2v) is 3.36. The highest BCUT2D eigenvalue weighted by molar-refractivity contribution is 5.96. The van der Waals surface area contributed by atoms with E-state index < -0.39 is 0 Å². The van der Waals surface area contributed by atoms with Gasteiger partial charge >= 0.3 is 0 Å². The van der Waals surface area contributed by atoms with Gasteiger partial charge in [0.25, 0.3) is 5.91 Å². The quantitative estimate of drug-likeness (QED) is 0.740. The van der Waals surface area contributed by atoms with Gasteiger partial charge in [-0.2, -0.15) is 0 Å². The fourth-order valence-electron chi connectivity index (χ4n) is 1.42. The molecule has 1 aliphatic rings. The smallest absolute Gasteiger partial charge is 0.256 e. The fourth-order valence-corrected chi connectivity index (χ4v) is 1.42. The maximum Gasteiger partial charge on any atom is 0.256 e. The van der Waals surface area contributed by atoms with Crippen molar-refractivity contribution in [2.24, 2.45) is 0 Å². The van der Waals surface area contributed by atoms with Gasteiger partial charge in [0.1, 0.15) is 0 Å². The van der Waals surface area contributed by atoms with Crippen molar-refractivity contribution < 1.29 is 9.53 Å². The lowest BCUT2D eigenvalue weighted by atomic mass is 10.2. The fraction of sp³-hybridized carbons (Fsp3) is 0.364. The standard InChI is InChI=1S/C11H13NO2/c1-2-9-10(14-9)11(13)12-8-6-4-3-5-7-8/h3-7,9-10H,2H2,1H3,(H,12,13)/t9-,10-/m1/s1. The summed E-state index contributed by atoms with van der Waals surface area (Å²) in [6.45, 7) is 2.01. The molecule has 1 aliphatic heterocycles. The van der Waals surface area contributed by atoms with Crippen molar-refractivity contribution in [1.82, 2.24) is 0 Å². The second-order valence-electron chi connectivity index (χ2n) is 3.36. The van der Waals surface area contributed by atoms with E-state index in [1.807, 2.05) is 37.3 Å². The van der Waals surface area contributed by atoms with Gasteiger partial charge in [-0.1, -0.05) is 25.1 Å². The topological polar surface area (TPSA) is 41.6 Å². The van der Waals surface area contributed by atoms with E-state index >= 15 is 0 Å². The third-order valence-corrected chi connectivity index (χ3v) is 2.28. The van der Waals surface area contributed by atoms with Crippen LogP contribution in [0.5, 0.6) is 0 Å². The van der Waals surface area contributed by atoms with Crippen LogP contribution in [0.1, 0.15) is 13.3 Å². The van der Waals surface area contributed by atoms with Crippen molar-refractivity contribution in [3.63, 3.8) is 0 Å². The first-order valence-electron chi connectivity index (χ1n) is 4.82. The Morgan fingerprint density at radius 2 is 2.14 bits per heavy atom. The Kier molecular flexibility index (Phi) is 2.50. The van der Waals surface area contributed by atoms with Crippen molar-refractivity contribution in [1.29, 1.82) is 0 Å². The van der Waals surface area contributed by atoms with Crippen LogP contribution in [-0.4, -0.2) is 18.1 Å². The first-order chi connectivity index (χ1) is 6.81. The normalized spacial score (nSPS) is 24.4. The molecule has 3 nitrogen and oxygen atoms in total. The summed E-state index contributed by atoms with van der Waals surface area (Å²) in [6, 6.07) is 9.42. The largest absolute Gasteiger partial charge is 0.359 e. The van der Waals surface area contributed by atoms with Crippen molar-refractivity contribution in [3.8, 4) is 0 Å². The lowest BCUT2D eigenvalue weighted by Crippen LogP contribution is -2.19. The lowest BCUT2D eigenvalue weighted by Gasteiger charge is -2.01. The molecule has 1 heterocycles. The van der Waals surface area contributed by atoms with Gasteiger partial charge in [-0.15, -0.1) is 0 Å². The number of amides is 1. The number of rotatable bonds is 3. The van der Waals surface area contributed by atoms with Crippen molar-refractivity contribution in [2.45, 2.75) is 25.6 Å². The summed E-state index contributed by atoms with van der Waals surface area (Å²) in [5, 5.41) is 2.80. The molecule has 0 spiro atoms. The van der Waals surface area contributed by atoms with Crippen LogP contribution < -0.4 is 5.32 Å². The molecule has 1 saturated heterocycles. The minimum atomic E-state index is -0.236. The molecule has 2 atom stereocenters. The molecule has 3 heteroatoms. The molecule has 14 heavy (non-hydrogen) atoms. The van der Waals surface area contributed by atoms with Gasteiger partial charge in [0, 0.05) is 5.69 Å². The number of para-hydroxylation sites is 1. The summed E-state index contributed by atoms with van der Waals surface area (Å²) in [6.07, 6.45) is 0.784. The van der Waals surface area contributed by atoms with Gasteiger partial charge in [-0.05, 0) is 18.6 Å². The first-order valence-corrected chi connectivity index (χ1v) is 4.82. The zero-order valence-corrected chi connectivity index (χ0v) is 8.07. The predicted molar refractivity (Wildman–Crippen MR) is 54.0 cm³/mol. The number of hydrogen-bond acceptors (Lipinski definition) is 2. The number of nitrogens with one attached hydrogen (secondary N) is 1. The first kappa shape index (κ1) is 9.21. The summed E-state index contributed by atoms with van der Waals surface area (Å²) in [5.41, 5.74) is 0.822. The van der Waals surface area contributed by atoms with Crippen molar-refractivity contribution in [2.75, 3.05) is 5.32 Å². The highest BCUT2D eigenvalue weighted by Crippen LogP contribution is 2.26. The van der Waals surface area contributed by atoms with E-state index in [2.05, 4.69) is 5.32 Å². The van der Waals surface area contributed by atoms with E-state index in [9.17, 15) is 4.79 Å². The van der Waals surface area contributed by atoms with Crippen LogP contribution in [0.25, 0.3) is 0 Å². The maximum atomic E-state index is 11.5. The minimum absolute atomic E-state index is 0.0388. The second kappa shape index (κ2) is 3.80. The molecule has 1 aromatic carbocycles. The summed E-state index contributed by atoms with van der Waals surface area (Å²) in [7, 11) is 0. The number of hydrogen-bond donors (Lipinski definition) is 1. The van der Waals surface area contributed by atoms with E-state index in [4.69, 9.17) is 4.74 Å². The number of benzene rings is 1. The Balaban J connectivity index is 1.90. The van der Waals surface area contributed by atoms with E-state index in [-0.39, 0.29) is 18.1 Å². The number of carbonyl (C=O) groups excluding carboxylic acids is 1. The number of carbonyl (C=O) groups is 1. The van der Waals surface area contributed by atoms with Crippen LogP contribution in [0, 0.1) is 0 Å². The molecule has 1 aromatic rings. The molecule has 1 amide bonds. The number of epoxide rings is 1. The Morgan fingerprint density at radius 3 is 2.71 bits per heavy atom. The highest BCUT2D eigenvalue weighted by Gasteiger charge is 2.43. The van der Waals surface area contributed by atoms with Crippen molar-refractivity contribution in [3.05, 3.63) is 30.3 Å². The molecular formula is C11H13NO2. The SMILES string of the molecule is CC[C@H]1O[C@H]1C(=O)Nc1ccccc1. The third-order valence-electron chi connectivity index (χ3n) is 2.28. The van der Waals surface area contributed by atoms with Crippen LogP contribution in [0.3, 0.4) is 0 Å². The van der Waals surface area contributed by atoms with Crippen LogP contribution in [0.2, 0.25) is 0 Å². The Hall–Kier alpha value is -1.35. The number of anilines is 1. The van der Waals surface area contributed by atoms with Gasteiger partial charge in [0.15, 0.2) is 6.10 Å². The average molecular weight is 191 g/mol. The van der Waals surface area contributed by atoms with E-state index in [0.29, 0.717) is 0 Å². The molecule has 0 radical (unpaired) electrons. The summed E-state index contributed by atoms with van der Waals surface area (Å²) >= 11 is 0. The monoisotopic (exact) mass is 191 g/mol. The van der Waals surface area contributed by atoms with Crippen molar-refractivity contribution >= 4 is 11.6 Å². The van der Waals surface area contributed by atoms with Gasteiger partial charge in [0.2, 0.25) is 0 Å². The molecule has 0 saturated carbocycles.